The molecule has 1 aliphatic rings. The molecule has 0 fully saturated rings. The van der Waals surface area contributed by atoms with Gasteiger partial charge in [-0.2, -0.15) is 0 Å². The number of fused-ring (bicyclic) bond motifs is 1. The molecule has 0 saturated heterocycles. The van der Waals surface area contributed by atoms with E-state index < -0.39 is 0 Å². The number of carbonyl (C=O) groups is 1. The first-order chi connectivity index (χ1) is 11.8. The lowest BCUT2D eigenvalue weighted by molar-refractivity contribution is -0.114. The summed E-state index contributed by atoms with van der Waals surface area (Å²) in [6.45, 7) is 13.8. The molecule has 1 aliphatic heterocycles. The van der Waals surface area contributed by atoms with Crippen LogP contribution in [-0.4, -0.2) is 44.4 Å². The molecule has 0 aromatic heterocycles. The summed E-state index contributed by atoms with van der Waals surface area (Å²) in [6.07, 6.45) is 1.10. The standard InChI is InChI=1S/C20H32N2O3/c1-6-24-11-12-25-10-9-22-19-13-17(21-16(3)23)7-8-18(19)15(2)14-20(22,4)5/h7-8,13,15H,6,9-12,14H2,1-5H3,(H,21,23)/t15-/m0/s1. The molecule has 25 heavy (non-hydrogen) atoms. The zero-order valence-electron chi connectivity index (χ0n) is 16.2. The van der Waals surface area contributed by atoms with Gasteiger partial charge in [-0.1, -0.05) is 13.0 Å². The van der Waals surface area contributed by atoms with E-state index in [2.05, 4.69) is 43.1 Å². The summed E-state index contributed by atoms with van der Waals surface area (Å²) >= 11 is 0. The van der Waals surface area contributed by atoms with Crippen LogP contribution in [0.25, 0.3) is 0 Å². The van der Waals surface area contributed by atoms with Crippen molar-refractivity contribution >= 4 is 17.3 Å². The Balaban J connectivity index is 2.14. The summed E-state index contributed by atoms with van der Waals surface area (Å²) in [5, 5.41) is 2.89. The van der Waals surface area contributed by atoms with Gasteiger partial charge in [-0.3, -0.25) is 4.79 Å². The van der Waals surface area contributed by atoms with Crippen molar-refractivity contribution in [3.8, 4) is 0 Å². The number of nitrogens with one attached hydrogen (secondary N) is 1. The van der Waals surface area contributed by atoms with Crippen molar-refractivity contribution < 1.29 is 14.3 Å². The Morgan fingerprint density at radius 1 is 1.28 bits per heavy atom. The van der Waals surface area contributed by atoms with Crippen molar-refractivity contribution in [1.82, 2.24) is 0 Å². The second kappa shape index (κ2) is 8.68. The largest absolute Gasteiger partial charge is 0.379 e. The highest BCUT2D eigenvalue weighted by Gasteiger charge is 2.36. The van der Waals surface area contributed by atoms with Gasteiger partial charge in [0.05, 0.1) is 19.8 Å². The van der Waals surface area contributed by atoms with E-state index in [1.165, 1.54) is 18.2 Å². The summed E-state index contributed by atoms with van der Waals surface area (Å²) < 4.78 is 11.0. The zero-order valence-corrected chi connectivity index (χ0v) is 16.2. The maximum atomic E-state index is 11.4. The minimum absolute atomic E-state index is 0.0462. The molecule has 0 radical (unpaired) electrons. The highest BCUT2D eigenvalue weighted by molar-refractivity contribution is 5.89. The van der Waals surface area contributed by atoms with Gasteiger partial charge in [-0.25, -0.2) is 0 Å². The molecule has 0 saturated carbocycles. The van der Waals surface area contributed by atoms with Gasteiger partial charge in [0.2, 0.25) is 5.91 Å². The number of carbonyl (C=O) groups excluding carboxylic acids is 1. The zero-order chi connectivity index (χ0) is 18.4. The molecule has 1 amide bonds. The third kappa shape index (κ3) is 5.19. The Kier molecular flexibility index (Phi) is 6.85. The van der Waals surface area contributed by atoms with Gasteiger partial charge in [-0.15, -0.1) is 0 Å². The molecule has 1 atom stereocenters. The number of hydrogen-bond acceptors (Lipinski definition) is 4. The Morgan fingerprint density at radius 3 is 2.68 bits per heavy atom. The Hall–Kier alpha value is -1.59. The highest BCUT2D eigenvalue weighted by atomic mass is 16.5. The monoisotopic (exact) mass is 348 g/mol. The lowest BCUT2D eigenvalue weighted by Gasteiger charge is -2.47. The molecule has 1 aromatic carbocycles. The minimum Gasteiger partial charge on any atom is -0.379 e. The smallest absolute Gasteiger partial charge is 0.221 e. The van der Waals surface area contributed by atoms with E-state index in [1.54, 1.807) is 0 Å². The average molecular weight is 348 g/mol. The Labute approximate surface area is 151 Å². The number of anilines is 2. The van der Waals surface area contributed by atoms with Crippen LogP contribution in [0.3, 0.4) is 0 Å². The quantitative estimate of drug-likeness (QED) is 0.726. The van der Waals surface area contributed by atoms with E-state index >= 15 is 0 Å². The van der Waals surface area contributed by atoms with Crippen LogP contribution in [0.15, 0.2) is 18.2 Å². The normalized spacial score (nSPS) is 18.8. The first kappa shape index (κ1) is 19.7. The number of nitrogens with zero attached hydrogens (tertiary/aromatic N) is 1. The summed E-state index contributed by atoms with van der Waals surface area (Å²) in [5.41, 5.74) is 3.43. The second-order valence-electron chi connectivity index (χ2n) is 7.33. The average Bonchev–Trinajstić information content (AvgIpc) is 2.52. The minimum atomic E-state index is -0.0473. The van der Waals surface area contributed by atoms with Crippen LogP contribution in [-0.2, 0) is 14.3 Å². The van der Waals surface area contributed by atoms with E-state index in [1.807, 2.05) is 13.0 Å². The predicted molar refractivity (Wildman–Crippen MR) is 103 cm³/mol. The summed E-state index contributed by atoms with van der Waals surface area (Å²) in [6, 6.07) is 6.23. The molecule has 0 spiro atoms. The van der Waals surface area contributed by atoms with Crippen molar-refractivity contribution in [1.29, 1.82) is 0 Å². The van der Waals surface area contributed by atoms with Gasteiger partial charge in [-0.05, 0) is 50.8 Å². The van der Waals surface area contributed by atoms with Crippen LogP contribution in [0.4, 0.5) is 11.4 Å². The molecule has 0 bridgehead atoms. The molecular formula is C20H32N2O3. The molecule has 1 N–H and O–H groups in total. The molecule has 5 nitrogen and oxygen atoms in total. The summed E-state index contributed by atoms with van der Waals surface area (Å²) in [4.78, 5) is 13.8. The van der Waals surface area contributed by atoms with Crippen molar-refractivity contribution in [3.05, 3.63) is 23.8 Å². The van der Waals surface area contributed by atoms with E-state index in [-0.39, 0.29) is 11.4 Å². The molecule has 1 aromatic rings. The fourth-order valence-electron chi connectivity index (χ4n) is 3.71. The maximum Gasteiger partial charge on any atom is 0.221 e. The molecule has 1 heterocycles. The first-order valence-electron chi connectivity index (χ1n) is 9.20. The SMILES string of the molecule is CCOCCOCCN1c2cc(NC(C)=O)ccc2[C@@H](C)CC1(C)C. The molecule has 0 aliphatic carbocycles. The van der Waals surface area contributed by atoms with E-state index in [4.69, 9.17) is 9.47 Å². The Bertz CT molecular complexity index is 586. The molecule has 140 valence electrons. The first-order valence-corrected chi connectivity index (χ1v) is 9.20. The molecule has 0 unspecified atom stereocenters. The van der Waals surface area contributed by atoms with Crippen LogP contribution in [0.1, 0.15) is 52.5 Å². The third-order valence-electron chi connectivity index (χ3n) is 4.74. The van der Waals surface area contributed by atoms with Gasteiger partial charge >= 0.3 is 0 Å². The summed E-state index contributed by atoms with van der Waals surface area (Å²) in [7, 11) is 0. The van der Waals surface area contributed by atoms with Crippen LogP contribution in [0.5, 0.6) is 0 Å². The van der Waals surface area contributed by atoms with Crippen molar-refractivity contribution in [2.75, 3.05) is 43.2 Å². The topological polar surface area (TPSA) is 50.8 Å². The number of benzene rings is 1. The molecule has 5 heteroatoms. The fraction of sp³-hybridized carbons (Fsp3) is 0.650. The van der Waals surface area contributed by atoms with Gasteiger partial charge in [0.1, 0.15) is 0 Å². The van der Waals surface area contributed by atoms with E-state index in [9.17, 15) is 4.79 Å². The van der Waals surface area contributed by atoms with Crippen molar-refractivity contribution in [2.45, 2.75) is 52.5 Å². The highest BCUT2D eigenvalue weighted by Crippen LogP contribution is 2.44. The van der Waals surface area contributed by atoms with Gasteiger partial charge in [0.25, 0.3) is 0 Å². The lowest BCUT2D eigenvalue weighted by atomic mass is 9.80. The number of hydrogen-bond donors (Lipinski definition) is 1. The maximum absolute atomic E-state index is 11.4. The lowest BCUT2D eigenvalue weighted by Crippen LogP contribution is -2.49. The van der Waals surface area contributed by atoms with Crippen LogP contribution in [0, 0.1) is 0 Å². The summed E-state index contributed by atoms with van der Waals surface area (Å²) in [5.74, 6) is 0.445. The van der Waals surface area contributed by atoms with Gasteiger partial charge in [0, 0.05) is 37.0 Å². The number of ether oxygens (including phenoxy) is 2. The van der Waals surface area contributed by atoms with Crippen LogP contribution >= 0.6 is 0 Å². The fourth-order valence-corrected chi connectivity index (χ4v) is 3.71. The second-order valence-corrected chi connectivity index (χ2v) is 7.33. The van der Waals surface area contributed by atoms with Crippen LogP contribution in [0.2, 0.25) is 0 Å². The molecule has 2 rings (SSSR count). The van der Waals surface area contributed by atoms with Crippen molar-refractivity contribution in [3.63, 3.8) is 0 Å². The van der Waals surface area contributed by atoms with Crippen molar-refractivity contribution in [2.24, 2.45) is 0 Å². The Morgan fingerprint density at radius 2 is 2.00 bits per heavy atom. The predicted octanol–water partition coefficient (Wildman–Crippen LogP) is 3.79. The van der Waals surface area contributed by atoms with E-state index in [0.29, 0.717) is 25.7 Å². The number of rotatable bonds is 8. The van der Waals surface area contributed by atoms with Crippen LogP contribution < -0.4 is 10.2 Å². The van der Waals surface area contributed by atoms with Gasteiger partial charge < -0.3 is 19.7 Å². The van der Waals surface area contributed by atoms with E-state index in [0.717, 1.165) is 25.3 Å². The number of amides is 1. The molecular weight excluding hydrogens is 316 g/mol. The van der Waals surface area contributed by atoms with Gasteiger partial charge in [0.15, 0.2) is 0 Å². The third-order valence-corrected chi connectivity index (χ3v) is 4.74.